The highest BCUT2D eigenvalue weighted by Gasteiger charge is 2.17. The summed E-state index contributed by atoms with van der Waals surface area (Å²) in [4.78, 5) is 16.8. The molecule has 1 saturated heterocycles. The lowest BCUT2D eigenvalue weighted by Gasteiger charge is -2.22. The van der Waals surface area contributed by atoms with Crippen LogP contribution < -0.4 is 0 Å². The van der Waals surface area contributed by atoms with E-state index in [1.165, 1.54) is 6.42 Å². The fraction of sp³-hybridized carbons (Fsp3) is 0.412. The maximum atomic E-state index is 12.4. The Morgan fingerprint density at radius 3 is 3.00 bits per heavy atom. The molecule has 3 nitrogen and oxygen atoms in total. The predicted octanol–water partition coefficient (Wildman–Crippen LogP) is 3.77. The van der Waals surface area contributed by atoms with Crippen LogP contribution in [0.25, 0.3) is 10.9 Å². The van der Waals surface area contributed by atoms with Crippen LogP contribution in [-0.2, 0) is 4.74 Å². The summed E-state index contributed by atoms with van der Waals surface area (Å²) < 4.78 is 5.68. The van der Waals surface area contributed by atoms with Gasteiger partial charge >= 0.3 is 0 Å². The van der Waals surface area contributed by atoms with E-state index in [2.05, 4.69) is 4.98 Å². The van der Waals surface area contributed by atoms with E-state index >= 15 is 0 Å². The first-order chi connectivity index (χ1) is 9.84. The molecule has 0 amide bonds. The van der Waals surface area contributed by atoms with E-state index in [-0.39, 0.29) is 11.9 Å². The molecule has 0 N–H and O–H groups in total. The number of ether oxygens (including phenoxy) is 1. The number of hydrogen-bond acceptors (Lipinski definition) is 3. The third-order valence-corrected chi connectivity index (χ3v) is 3.90. The van der Waals surface area contributed by atoms with Crippen molar-refractivity contribution in [3.05, 3.63) is 42.1 Å². The number of aromatic nitrogens is 1. The van der Waals surface area contributed by atoms with Crippen molar-refractivity contribution in [1.29, 1.82) is 0 Å². The summed E-state index contributed by atoms with van der Waals surface area (Å²) in [7, 11) is 0. The van der Waals surface area contributed by atoms with Crippen LogP contribution in [0, 0.1) is 0 Å². The third-order valence-electron chi connectivity index (χ3n) is 3.90. The van der Waals surface area contributed by atoms with Gasteiger partial charge in [-0.25, -0.2) is 0 Å². The standard InChI is InChI=1S/C17H19NO2/c19-16(10-9-14-7-1-2-12-20-14)15-8-3-5-13-6-4-11-18-17(13)15/h3-6,8,11,14H,1-2,7,9-10,12H2. The van der Waals surface area contributed by atoms with Crippen LogP contribution in [0.3, 0.4) is 0 Å². The number of ketones is 1. The van der Waals surface area contributed by atoms with Crippen LogP contribution >= 0.6 is 0 Å². The molecule has 0 saturated carbocycles. The van der Waals surface area contributed by atoms with Gasteiger partial charge in [0, 0.05) is 30.2 Å². The number of para-hydroxylation sites is 1. The molecule has 1 aliphatic heterocycles. The molecule has 104 valence electrons. The molecule has 1 aliphatic rings. The van der Waals surface area contributed by atoms with E-state index in [0.29, 0.717) is 6.42 Å². The van der Waals surface area contributed by atoms with Crippen molar-refractivity contribution in [1.82, 2.24) is 4.98 Å². The number of rotatable bonds is 4. The minimum atomic E-state index is 0.170. The molecule has 0 aliphatic carbocycles. The predicted molar refractivity (Wildman–Crippen MR) is 78.9 cm³/mol. The zero-order valence-corrected chi connectivity index (χ0v) is 11.5. The van der Waals surface area contributed by atoms with E-state index in [9.17, 15) is 4.79 Å². The first-order valence-electron chi connectivity index (χ1n) is 7.33. The zero-order chi connectivity index (χ0) is 13.8. The van der Waals surface area contributed by atoms with Crippen molar-refractivity contribution in [3.8, 4) is 0 Å². The summed E-state index contributed by atoms with van der Waals surface area (Å²) in [6.07, 6.45) is 6.81. The molecule has 1 aromatic heterocycles. The number of carbonyl (C=O) groups excluding carboxylic acids is 1. The molecule has 20 heavy (non-hydrogen) atoms. The van der Waals surface area contributed by atoms with Crippen molar-refractivity contribution < 1.29 is 9.53 Å². The molecule has 0 radical (unpaired) electrons. The first-order valence-corrected chi connectivity index (χ1v) is 7.33. The van der Waals surface area contributed by atoms with E-state index in [1.54, 1.807) is 6.20 Å². The van der Waals surface area contributed by atoms with Crippen molar-refractivity contribution in [2.45, 2.75) is 38.2 Å². The van der Waals surface area contributed by atoms with Crippen LogP contribution in [0.15, 0.2) is 36.5 Å². The van der Waals surface area contributed by atoms with Crippen molar-refractivity contribution in [3.63, 3.8) is 0 Å². The number of benzene rings is 1. The normalized spacial score (nSPS) is 19.1. The van der Waals surface area contributed by atoms with Gasteiger partial charge in [0.2, 0.25) is 0 Å². The van der Waals surface area contributed by atoms with Gasteiger partial charge in [-0.05, 0) is 37.8 Å². The number of hydrogen-bond donors (Lipinski definition) is 0. The molecule has 2 aromatic rings. The molecule has 0 spiro atoms. The summed E-state index contributed by atoms with van der Waals surface area (Å²) in [5.74, 6) is 0.170. The highest BCUT2D eigenvalue weighted by molar-refractivity contribution is 6.06. The van der Waals surface area contributed by atoms with E-state index in [0.717, 1.165) is 42.3 Å². The molecule has 3 heteroatoms. The summed E-state index contributed by atoms with van der Waals surface area (Å²) >= 11 is 0. The van der Waals surface area contributed by atoms with E-state index in [1.807, 2.05) is 30.3 Å². The van der Waals surface area contributed by atoms with Gasteiger partial charge in [0.1, 0.15) is 0 Å². The minimum Gasteiger partial charge on any atom is -0.378 e. The van der Waals surface area contributed by atoms with Crippen LogP contribution in [0.5, 0.6) is 0 Å². The van der Waals surface area contributed by atoms with Gasteiger partial charge in [0.25, 0.3) is 0 Å². The fourth-order valence-corrected chi connectivity index (χ4v) is 2.79. The Kier molecular flexibility index (Phi) is 4.07. The van der Waals surface area contributed by atoms with Gasteiger partial charge in [0.15, 0.2) is 5.78 Å². The quantitative estimate of drug-likeness (QED) is 0.793. The Hall–Kier alpha value is -1.74. The third kappa shape index (κ3) is 2.88. The minimum absolute atomic E-state index is 0.170. The second kappa shape index (κ2) is 6.14. The average Bonchev–Trinajstić information content (AvgIpc) is 2.53. The second-order valence-corrected chi connectivity index (χ2v) is 5.33. The maximum absolute atomic E-state index is 12.4. The number of carbonyl (C=O) groups is 1. The lowest BCUT2D eigenvalue weighted by Crippen LogP contribution is -2.20. The Labute approximate surface area is 119 Å². The molecule has 0 bridgehead atoms. The maximum Gasteiger partial charge on any atom is 0.165 e. The van der Waals surface area contributed by atoms with Crippen molar-refractivity contribution >= 4 is 16.7 Å². The van der Waals surface area contributed by atoms with Crippen molar-refractivity contribution in [2.75, 3.05) is 6.61 Å². The molecule has 1 fully saturated rings. The van der Waals surface area contributed by atoms with Gasteiger partial charge in [-0.15, -0.1) is 0 Å². The Bertz CT molecular complexity index is 597. The fourth-order valence-electron chi connectivity index (χ4n) is 2.79. The van der Waals surface area contributed by atoms with E-state index in [4.69, 9.17) is 4.74 Å². The zero-order valence-electron chi connectivity index (χ0n) is 11.5. The number of nitrogens with zero attached hydrogens (tertiary/aromatic N) is 1. The Morgan fingerprint density at radius 1 is 1.25 bits per heavy atom. The summed E-state index contributed by atoms with van der Waals surface area (Å²) in [5.41, 5.74) is 1.54. The SMILES string of the molecule is O=C(CCC1CCCCO1)c1cccc2cccnc12. The Balaban J connectivity index is 1.72. The molecule has 1 unspecified atom stereocenters. The van der Waals surface area contributed by atoms with Crippen LogP contribution in [-0.4, -0.2) is 23.5 Å². The summed E-state index contributed by atoms with van der Waals surface area (Å²) in [6, 6.07) is 9.67. The summed E-state index contributed by atoms with van der Waals surface area (Å²) in [6.45, 7) is 0.842. The monoisotopic (exact) mass is 269 g/mol. The number of Topliss-reactive ketones (excluding diaryl/α,β-unsaturated/α-hetero) is 1. The van der Waals surface area contributed by atoms with Crippen LogP contribution in [0.2, 0.25) is 0 Å². The number of pyridine rings is 1. The molecule has 1 aromatic carbocycles. The van der Waals surface area contributed by atoms with Gasteiger partial charge < -0.3 is 4.74 Å². The van der Waals surface area contributed by atoms with Gasteiger partial charge in [-0.3, -0.25) is 9.78 Å². The average molecular weight is 269 g/mol. The van der Waals surface area contributed by atoms with Crippen molar-refractivity contribution in [2.24, 2.45) is 0 Å². The highest BCUT2D eigenvalue weighted by Crippen LogP contribution is 2.21. The van der Waals surface area contributed by atoms with Gasteiger partial charge in [0.05, 0.1) is 11.6 Å². The smallest absolute Gasteiger partial charge is 0.165 e. The molecule has 3 rings (SSSR count). The topological polar surface area (TPSA) is 39.2 Å². The molecular formula is C17H19NO2. The summed E-state index contributed by atoms with van der Waals surface area (Å²) in [5, 5.41) is 1.02. The van der Waals surface area contributed by atoms with Crippen LogP contribution in [0.1, 0.15) is 42.5 Å². The molecule has 2 heterocycles. The van der Waals surface area contributed by atoms with E-state index < -0.39 is 0 Å². The lowest BCUT2D eigenvalue weighted by atomic mass is 9.99. The largest absolute Gasteiger partial charge is 0.378 e. The highest BCUT2D eigenvalue weighted by atomic mass is 16.5. The lowest BCUT2D eigenvalue weighted by molar-refractivity contribution is 0.0104. The Morgan fingerprint density at radius 2 is 2.15 bits per heavy atom. The first kappa shape index (κ1) is 13.3. The second-order valence-electron chi connectivity index (χ2n) is 5.33. The van der Waals surface area contributed by atoms with Crippen LogP contribution in [0.4, 0.5) is 0 Å². The molecule has 1 atom stereocenters. The van der Waals surface area contributed by atoms with Gasteiger partial charge in [-0.2, -0.15) is 0 Å². The molecular weight excluding hydrogens is 250 g/mol. The number of fused-ring (bicyclic) bond motifs is 1. The van der Waals surface area contributed by atoms with Gasteiger partial charge in [-0.1, -0.05) is 18.2 Å².